The zero-order chi connectivity index (χ0) is 29.1. The largest absolute Gasteiger partial charge is 0.444 e. The summed E-state index contributed by atoms with van der Waals surface area (Å²) in [5, 5.41) is 23.3. The third kappa shape index (κ3) is 7.66. The fourth-order valence-corrected chi connectivity index (χ4v) is 3.77. The van der Waals surface area contributed by atoms with Crippen LogP contribution >= 0.6 is 0 Å². The molecule has 3 aromatic rings. The van der Waals surface area contributed by atoms with Gasteiger partial charge in [-0.1, -0.05) is 50.2 Å². The second-order valence-electron chi connectivity index (χ2n) is 11.8. The van der Waals surface area contributed by atoms with Gasteiger partial charge in [0.15, 0.2) is 5.82 Å². The number of rotatable bonds is 7. The number of nitriles is 1. The highest BCUT2D eigenvalue weighted by atomic mass is 19.1. The van der Waals surface area contributed by atoms with Crippen LogP contribution in [-0.4, -0.2) is 32.5 Å². The molecule has 0 fully saturated rings. The van der Waals surface area contributed by atoms with Crippen molar-refractivity contribution in [2.75, 3.05) is 10.6 Å². The predicted octanol–water partition coefficient (Wildman–Crippen LogP) is 6.25. The van der Waals surface area contributed by atoms with Crippen LogP contribution in [0.2, 0.25) is 0 Å². The van der Waals surface area contributed by atoms with Gasteiger partial charge in [-0.3, -0.25) is 15.4 Å². The summed E-state index contributed by atoms with van der Waals surface area (Å²) in [5.41, 5.74) is 1.10. The van der Waals surface area contributed by atoms with Crippen LogP contribution in [0.4, 0.5) is 20.9 Å². The van der Waals surface area contributed by atoms with E-state index in [1.165, 1.54) is 0 Å². The van der Waals surface area contributed by atoms with E-state index in [0.717, 1.165) is 0 Å². The van der Waals surface area contributed by atoms with Gasteiger partial charge in [-0.05, 0) is 45.6 Å². The Labute approximate surface area is 227 Å². The minimum absolute atomic E-state index is 0.0357. The standard InChI is InChI=1S/C28H35FN6O4/c1-16(2)35-24(32-26(37)38-28(6,7)8)19(15-30)23(33-35)18-11-9-17(10-12-18)13-21(36)31-25-22(29)20(34-39-25)14-27(3,4)5/h9-12,16H,13-14H2,1-8H3,(H,31,36)(H,32,37). The van der Waals surface area contributed by atoms with Crippen LogP contribution in [0.25, 0.3) is 11.3 Å². The average molecular weight is 539 g/mol. The Kier molecular flexibility index (Phi) is 8.48. The summed E-state index contributed by atoms with van der Waals surface area (Å²) in [7, 11) is 0. The van der Waals surface area contributed by atoms with Crippen molar-refractivity contribution in [1.82, 2.24) is 14.9 Å². The van der Waals surface area contributed by atoms with Crippen molar-refractivity contribution in [2.24, 2.45) is 5.41 Å². The van der Waals surface area contributed by atoms with Crippen molar-refractivity contribution >= 4 is 23.7 Å². The maximum absolute atomic E-state index is 14.6. The van der Waals surface area contributed by atoms with Crippen molar-refractivity contribution in [2.45, 2.75) is 79.9 Å². The Morgan fingerprint density at radius 1 is 1.13 bits per heavy atom. The Morgan fingerprint density at radius 3 is 2.31 bits per heavy atom. The molecule has 0 radical (unpaired) electrons. The highest BCUT2D eigenvalue weighted by Crippen LogP contribution is 2.31. The number of halogens is 1. The molecule has 2 heterocycles. The molecule has 10 nitrogen and oxygen atoms in total. The van der Waals surface area contributed by atoms with Crippen molar-refractivity contribution in [3.8, 4) is 17.3 Å². The molecule has 0 unspecified atom stereocenters. The number of carbonyl (C=O) groups excluding carboxylic acids is 2. The summed E-state index contributed by atoms with van der Waals surface area (Å²) in [5.74, 6) is -1.21. The van der Waals surface area contributed by atoms with Gasteiger partial charge in [-0.25, -0.2) is 9.48 Å². The lowest BCUT2D eigenvalue weighted by molar-refractivity contribution is -0.115. The molecule has 39 heavy (non-hydrogen) atoms. The number of ether oxygens (including phenoxy) is 1. The van der Waals surface area contributed by atoms with E-state index in [1.54, 1.807) is 49.7 Å². The number of nitrogens with zero attached hydrogens (tertiary/aromatic N) is 4. The molecule has 2 aromatic heterocycles. The van der Waals surface area contributed by atoms with E-state index in [1.807, 2.05) is 34.6 Å². The molecule has 2 amide bonds. The molecule has 0 aliphatic rings. The molecular weight excluding hydrogens is 503 g/mol. The van der Waals surface area contributed by atoms with Crippen molar-refractivity contribution in [3.05, 3.63) is 46.9 Å². The molecule has 11 heteroatoms. The van der Waals surface area contributed by atoms with Crippen molar-refractivity contribution in [1.29, 1.82) is 5.26 Å². The summed E-state index contributed by atoms with van der Waals surface area (Å²) >= 11 is 0. The fourth-order valence-electron chi connectivity index (χ4n) is 3.77. The number of aromatic nitrogens is 3. The van der Waals surface area contributed by atoms with E-state index in [4.69, 9.17) is 9.26 Å². The van der Waals surface area contributed by atoms with Gasteiger partial charge >= 0.3 is 6.09 Å². The van der Waals surface area contributed by atoms with Gasteiger partial charge in [0.2, 0.25) is 11.7 Å². The molecule has 208 valence electrons. The van der Waals surface area contributed by atoms with Crippen LogP contribution in [0.15, 0.2) is 28.8 Å². The maximum Gasteiger partial charge on any atom is 0.413 e. The van der Waals surface area contributed by atoms with Gasteiger partial charge in [0, 0.05) is 18.0 Å². The van der Waals surface area contributed by atoms with Gasteiger partial charge in [-0.15, -0.1) is 0 Å². The first-order valence-corrected chi connectivity index (χ1v) is 12.6. The average Bonchev–Trinajstić information content (AvgIpc) is 3.32. The normalized spacial score (nSPS) is 11.8. The lowest BCUT2D eigenvalue weighted by Crippen LogP contribution is -2.28. The van der Waals surface area contributed by atoms with E-state index >= 15 is 0 Å². The molecule has 0 atom stereocenters. The Morgan fingerprint density at radius 2 is 1.77 bits per heavy atom. The van der Waals surface area contributed by atoms with Crippen molar-refractivity contribution in [3.63, 3.8) is 0 Å². The van der Waals surface area contributed by atoms with Crippen LogP contribution in [0.1, 0.15) is 78.3 Å². The van der Waals surface area contributed by atoms with Gasteiger partial charge in [-0.2, -0.15) is 14.8 Å². The van der Waals surface area contributed by atoms with Crippen LogP contribution in [0.3, 0.4) is 0 Å². The van der Waals surface area contributed by atoms with Gasteiger partial charge in [0.25, 0.3) is 5.88 Å². The fraction of sp³-hybridized carbons (Fsp3) is 0.464. The zero-order valence-corrected chi connectivity index (χ0v) is 23.6. The lowest BCUT2D eigenvalue weighted by atomic mass is 9.90. The quantitative estimate of drug-likeness (QED) is 0.363. The molecule has 0 aliphatic carbocycles. The Bertz CT molecular complexity index is 1390. The number of carbonyl (C=O) groups is 2. The Balaban J connectivity index is 1.78. The number of hydrogen-bond acceptors (Lipinski definition) is 7. The van der Waals surface area contributed by atoms with E-state index in [9.17, 15) is 19.2 Å². The maximum atomic E-state index is 14.6. The van der Waals surface area contributed by atoms with Gasteiger partial charge in [0.1, 0.15) is 28.6 Å². The summed E-state index contributed by atoms with van der Waals surface area (Å²) in [6, 6.07) is 8.86. The zero-order valence-electron chi connectivity index (χ0n) is 23.6. The Hall–Kier alpha value is -4.20. The topological polar surface area (TPSA) is 135 Å². The summed E-state index contributed by atoms with van der Waals surface area (Å²) < 4.78 is 26.5. The van der Waals surface area contributed by atoms with Crippen LogP contribution in [0.5, 0.6) is 0 Å². The number of amides is 2. The minimum Gasteiger partial charge on any atom is -0.444 e. The van der Waals surface area contributed by atoms with Crippen LogP contribution in [-0.2, 0) is 22.4 Å². The highest BCUT2D eigenvalue weighted by molar-refractivity contribution is 5.91. The predicted molar refractivity (Wildman–Crippen MR) is 145 cm³/mol. The molecule has 1 aromatic carbocycles. The smallest absolute Gasteiger partial charge is 0.413 e. The number of anilines is 2. The number of hydrogen-bond donors (Lipinski definition) is 2. The summed E-state index contributed by atoms with van der Waals surface area (Å²) in [4.78, 5) is 25.0. The first-order valence-electron chi connectivity index (χ1n) is 12.6. The molecule has 0 bridgehead atoms. The van der Waals surface area contributed by atoms with Crippen LogP contribution in [0, 0.1) is 22.6 Å². The third-order valence-corrected chi connectivity index (χ3v) is 5.37. The van der Waals surface area contributed by atoms with E-state index in [0.29, 0.717) is 23.2 Å². The molecule has 0 spiro atoms. The molecular formula is C28H35FN6O4. The SMILES string of the molecule is CC(C)n1nc(-c2ccc(CC(=O)Nc3onc(CC(C)(C)C)c3F)cc2)c(C#N)c1NC(=O)OC(C)(C)C. The number of nitrogens with one attached hydrogen (secondary N) is 2. The van der Waals surface area contributed by atoms with E-state index in [-0.39, 0.29) is 40.8 Å². The second-order valence-corrected chi connectivity index (χ2v) is 11.8. The molecule has 0 aliphatic heterocycles. The van der Waals surface area contributed by atoms with Crippen molar-refractivity contribution < 1.29 is 23.2 Å². The monoisotopic (exact) mass is 538 g/mol. The molecule has 0 saturated heterocycles. The number of benzene rings is 1. The second kappa shape index (κ2) is 11.3. The van der Waals surface area contributed by atoms with Gasteiger partial charge < -0.3 is 9.26 Å². The van der Waals surface area contributed by atoms with Crippen LogP contribution < -0.4 is 10.6 Å². The first kappa shape index (κ1) is 29.4. The highest BCUT2D eigenvalue weighted by Gasteiger charge is 2.26. The molecule has 0 saturated carbocycles. The first-order chi connectivity index (χ1) is 18.1. The summed E-state index contributed by atoms with van der Waals surface area (Å²) in [6.45, 7) is 14.9. The lowest BCUT2D eigenvalue weighted by Gasteiger charge is -2.20. The summed E-state index contributed by atoms with van der Waals surface area (Å²) in [6.07, 6.45) is -0.361. The van der Waals surface area contributed by atoms with E-state index in [2.05, 4.69) is 27.0 Å². The van der Waals surface area contributed by atoms with E-state index < -0.39 is 23.4 Å². The molecule has 2 N–H and O–H groups in total. The third-order valence-electron chi connectivity index (χ3n) is 5.37. The molecule has 3 rings (SSSR count). The van der Waals surface area contributed by atoms with Gasteiger partial charge in [0.05, 0.1) is 6.42 Å². The minimum atomic E-state index is -0.710.